The van der Waals surface area contributed by atoms with Crippen LogP contribution in [0.5, 0.6) is 0 Å². The molecule has 1 aromatic heterocycles. The lowest BCUT2D eigenvalue weighted by atomic mass is 9.96. The molecule has 50 heavy (non-hydrogen) atoms. The predicted molar refractivity (Wildman–Crippen MR) is 217 cm³/mol. The van der Waals surface area contributed by atoms with E-state index in [1.807, 2.05) is 11.3 Å². The molecular formula is C48H31NS. The van der Waals surface area contributed by atoms with Crippen LogP contribution in [0.2, 0.25) is 0 Å². The Morgan fingerprint density at radius 2 is 0.980 bits per heavy atom. The third-order valence-electron chi connectivity index (χ3n) is 10.0. The van der Waals surface area contributed by atoms with E-state index in [1.165, 1.54) is 86.1 Å². The number of benzene rings is 9. The van der Waals surface area contributed by atoms with Gasteiger partial charge in [0.25, 0.3) is 0 Å². The molecule has 1 heterocycles. The second-order valence-corrected chi connectivity index (χ2v) is 13.9. The molecule has 10 aromatic rings. The summed E-state index contributed by atoms with van der Waals surface area (Å²) in [6.45, 7) is 0. The molecule has 0 saturated carbocycles. The number of rotatable bonds is 5. The summed E-state index contributed by atoms with van der Waals surface area (Å²) in [5.74, 6) is 0. The van der Waals surface area contributed by atoms with Crippen LogP contribution < -0.4 is 4.90 Å². The molecule has 0 amide bonds. The van der Waals surface area contributed by atoms with Gasteiger partial charge < -0.3 is 4.90 Å². The van der Waals surface area contributed by atoms with Gasteiger partial charge in [-0.3, -0.25) is 0 Å². The molecular weight excluding hydrogens is 623 g/mol. The monoisotopic (exact) mass is 653 g/mol. The van der Waals surface area contributed by atoms with E-state index in [0.29, 0.717) is 0 Å². The summed E-state index contributed by atoms with van der Waals surface area (Å²) in [5, 5.41) is 10.1. The standard InChI is InChI=1S/C48H31NS/c1-2-14-33(15-3-1)40-26-13-29-46-47(40)43-27-12-28-44(48(43)50-46)49(45-31-35-17-5-7-22-39(35)41-23-8-9-24-42(41)45)36-20-10-19-34(30-36)38-25-11-18-32-16-4-6-21-37(32)38/h1-31H. The molecule has 0 saturated heterocycles. The maximum absolute atomic E-state index is 2.50. The van der Waals surface area contributed by atoms with Gasteiger partial charge in [0.15, 0.2) is 0 Å². The summed E-state index contributed by atoms with van der Waals surface area (Å²) in [6.07, 6.45) is 0. The van der Waals surface area contributed by atoms with E-state index in [-0.39, 0.29) is 0 Å². The molecule has 234 valence electrons. The van der Waals surface area contributed by atoms with Crippen molar-refractivity contribution in [1.29, 1.82) is 0 Å². The largest absolute Gasteiger partial charge is 0.308 e. The normalized spacial score (nSPS) is 11.6. The van der Waals surface area contributed by atoms with E-state index >= 15 is 0 Å². The summed E-state index contributed by atoms with van der Waals surface area (Å²) in [6, 6.07) is 68.7. The highest BCUT2D eigenvalue weighted by Crippen LogP contribution is 2.49. The van der Waals surface area contributed by atoms with Crippen LogP contribution in [0.4, 0.5) is 17.1 Å². The zero-order chi connectivity index (χ0) is 33.0. The summed E-state index contributed by atoms with van der Waals surface area (Å²) < 4.78 is 2.57. The summed E-state index contributed by atoms with van der Waals surface area (Å²) in [5.41, 5.74) is 8.42. The molecule has 1 nitrogen and oxygen atoms in total. The van der Waals surface area contributed by atoms with Crippen LogP contribution in [-0.2, 0) is 0 Å². The van der Waals surface area contributed by atoms with Gasteiger partial charge in [0, 0.05) is 26.5 Å². The maximum atomic E-state index is 2.50. The van der Waals surface area contributed by atoms with E-state index in [0.717, 1.165) is 5.69 Å². The van der Waals surface area contributed by atoms with Crippen molar-refractivity contribution < 1.29 is 0 Å². The second-order valence-electron chi connectivity index (χ2n) is 12.9. The van der Waals surface area contributed by atoms with Crippen LogP contribution >= 0.6 is 11.3 Å². The molecule has 2 heteroatoms. The Kier molecular flexibility index (Phi) is 6.75. The lowest BCUT2D eigenvalue weighted by Gasteiger charge is -2.28. The van der Waals surface area contributed by atoms with Gasteiger partial charge in [0.2, 0.25) is 0 Å². The lowest BCUT2D eigenvalue weighted by molar-refractivity contribution is 1.32. The molecule has 0 aliphatic carbocycles. The van der Waals surface area contributed by atoms with Crippen molar-refractivity contribution in [1.82, 2.24) is 0 Å². The number of nitrogens with zero attached hydrogens (tertiary/aromatic N) is 1. The van der Waals surface area contributed by atoms with Gasteiger partial charge >= 0.3 is 0 Å². The zero-order valence-electron chi connectivity index (χ0n) is 27.3. The lowest BCUT2D eigenvalue weighted by Crippen LogP contribution is -2.11. The Morgan fingerprint density at radius 3 is 1.86 bits per heavy atom. The van der Waals surface area contributed by atoms with Crippen LogP contribution in [0.15, 0.2) is 188 Å². The first kappa shape index (κ1) is 28.8. The average Bonchev–Trinajstić information content (AvgIpc) is 3.58. The topological polar surface area (TPSA) is 3.24 Å². The summed E-state index contributed by atoms with van der Waals surface area (Å²) >= 11 is 1.88. The molecule has 0 atom stereocenters. The highest BCUT2D eigenvalue weighted by molar-refractivity contribution is 7.26. The number of thiophene rings is 1. The SMILES string of the molecule is c1ccc(-c2cccc3sc4c(N(c5cccc(-c6cccc7ccccc67)c5)c5cc6ccccc6c6ccccc56)cccc4c23)cc1. The first-order chi connectivity index (χ1) is 24.8. The molecule has 0 fully saturated rings. The number of fused-ring (bicyclic) bond motifs is 7. The minimum Gasteiger partial charge on any atom is -0.308 e. The molecule has 0 aliphatic heterocycles. The van der Waals surface area contributed by atoms with Crippen LogP contribution in [0.1, 0.15) is 0 Å². The van der Waals surface area contributed by atoms with Gasteiger partial charge in [-0.25, -0.2) is 0 Å². The quantitative estimate of drug-likeness (QED) is 0.167. The molecule has 10 rings (SSSR count). The van der Waals surface area contributed by atoms with Crippen molar-refractivity contribution >= 4 is 80.9 Å². The molecule has 0 spiro atoms. The fourth-order valence-electron chi connectivity index (χ4n) is 7.78. The fraction of sp³-hybridized carbons (Fsp3) is 0. The van der Waals surface area contributed by atoms with Crippen molar-refractivity contribution in [2.45, 2.75) is 0 Å². The number of hydrogen-bond acceptors (Lipinski definition) is 2. The summed E-state index contributed by atoms with van der Waals surface area (Å²) in [7, 11) is 0. The maximum Gasteiger partial charge on any atom is 0.0640 e. The molecule has 0 radical (unpaired) electrons. The van der Waals surface area contributed by atoms with Crippen molar-refractivity contribution in [3.8, 4) is 22.3 Å². The second kappa shape index (κ2) is 11.7. The van der Waals surface area contributed by atoms with Crippen molar-refractivity contribution in [3.63, 3.8) is 0 Å². The Morgan fingerprint density at radius 1 is 0.360 bits per heavy atom. The minimum atomic E-state index is 1.13. The van der Waals surface area contributed by atoms with Gasteiger partial charge in [-0.1, -0.05) is 158 Å². The van der Waals surface area contributed by atoms with E-state index in [1.54, 1.807) is 0 Å². The highest BCUT2D eigenvalue weighted by Gasteiger charge is 2.22. The number of hydrogen-bond donors (Lipinski definition) is 0. The van der Waals surface area contributed by atoms with Crippen molar-refractivity contribution in [3.05, 3.63) is 188 Å². The highest BCUT2D eigenvalue weighted by atomic mass is 32.1. The molecule has 0 bridgehead atoms. The van der Waals surface area contributed by atoms with Crippen LogP contribution in [0.25, 0.3) is 74.7 Å². The molecule has 0 N–H and O–H groups in total. The predicted octanol–water partition coefficient (Wildman–Crippen LogP) is 14.3. The number of anilines is 3. The van der Waals surface area contributed by atoms with Gasteiger partial charge in [0.1, 0.15) is 0 Å². The fourth-order valence-corrected chi connectivity index (χ4v) is 9.02. The van der Waals surface area contributed by atoms with E-state index in [2.05, 4.69) is 193 Å². The minimum absolute atomic E-state index is 1.13. The van der Waals surface area contributed by atoms with Crippen LogP contribution in [0.3, 0.4) is 0 Å². The van der Waals surface area contributed by atoms with Gasteiger partial charge in [-0.15, -0.1) is 11.3 Å². The van der Waals surface area contributed by atoms with Gasteiger partial charge in [-0.2, -0.15) is 0 Å². The molecule has 0 aliphatic rings. The Bertz CT molecular complexity index is 2880. The summed E-state index contributed by atoms with van der Waals surface area (Å²) in [4.78, 5) is 2.50. The van der Waals surface area contributed by atoms with Crippen molar-refractivity contribution in [2.75, 3.05) is 4.90 Å². The average molecular weight is 654 g/mol. The molecule has 0 unspecified atom stereocenters. The molecule has 9 aromatic carbocycles. The van der Waals surface area contributed by atoms with Crippen LogP contribution in [-0.4, -0.2) is 0 Å². The van der Waals surface area contributed by atoms with E-state index in [9.17, 15) is 0 Å². The smallest absolute Gasteiger partial charge is 0.0640 e. The van der Waals surface area contributed by atoms with Gasteiger partial charge in [0.05, 0.1) is 16.1 Å². The van der Waals surface area contributed by atoms with Gasteiger partial charge in [-0.05, 0) is 79.5 Å². The van der Waals surface area contributed by atoms with Crippen LogP contribution in [0, 0.1) is 0 Å². The van der Waals surface area contributed by atoms with E-state index < -0.39 is 0 Å². The Labute approximate surface area is 294 Å². The zero-order valence-corrected chi connectivity index (χ0v) is 28.1. The third-order valence-corrected chi connectivity index (χ3v) is 11.2. The first-order valence-electron chi connectivity index (χ1n) is 17.1. The Hall–Kier alpha value is -6.22. The Balaban J connectivity index is 1.28. The van der Waals surface area contributed by atoms with E-state index in [4.69, 9.17) is 0 Å². The third kappa shape index (κ3) is 4.61. The first-order valence-corrected chi connectivity index (χ1v) is 17.9. The van der Waals surface area contributed by atoms with Crippen molar-refractivity contribution in [2.24, 2.45) is 0 Å².